The summed E-state index contributed by atoms with van der Waals surface area (Å²) in [5, 5.41) is 2.96. The molecule has 0 saturated carbocycles. The average Bonchev–Trinajstić information content (AvgIpc) is 2.69. The SMILES string of the molecule is CCOCCOc1ccccc1C(=O)NC(=S)NNC(=O)c1ccc(Cl)cc1Cl. The number of carbonyl (C=O) groups excluding carboxylic acids is 2. The van der Waals surface area contributed by atoms with Crippen LogP contribution >= 0.6 is 35.4 Å². The van der Waals surface area contributed by atoms with Crippen LogP contribution in [0.4, 0.5) is 0 Å². The van der Waals surface area contributed by atoms with Crippen LogP contribution in [0.2, 0.25) is 10.0 Å². The number of hydrogen-bond donors (Lipinski definition) is 3. The summed E-state index contributed by atoms with van der Waals surface area (Å²) in [6, 6.07) is 11.2. The highest BCUT2D eigenvalue weighted by molar-refractivity contribution is 7.80. The second-order valence-corrected chi connectivity index (χ2v) is 6.78. The number of rotatable bonds is 7. The molecule has 2 aromatic rings. The molecule has 0 unspecified atom stereocenters. The zero-order valence-electron chi connectivity index (χ0n) is 15.5. The van der Waals surface area contributed by atoms with E-state index in [9.17, 15) is 9.59 Å². The Kier molecular flexibility index (Phi) is 9.14. The van der Waals surface area contributed by atoms with E-state index in [0.717, 1.165) is 0 Å². The number of amides is 2. The van der Waals surface area contributed by atoms with Crippen molar-refractivity contribution < 1.29 is 19.1 Å². The minimum Gasteiger partial charge on any atom is -0.490 e. The van der Waals surface area contributed by atoms with Crippen LogP contribution in [-0.4, -0.2) is 36.7 Å². The number of ether oxygens (including phenoxy) is 2. The topological polar surface area (TPSA) is 88.7 Å². The molecule has 3 N–H and O–H groups in total. The molecule has 0 aliphatic heterocycles. The molecule has 7 nitrogen and oxygen atoms in total. The summed E-state index contributed by atoms with van der Waals surface area (Å²) in [5.41, 5.74) is 5.30. The monoisotopic (exact) mass is 455 g/mol. The van der Waals surface area contributed by atoms with Gasteiger partial charge in [0.2, 0.25) is 0 Å². The van der Waals surface area contributed by atoms with Crippen molar-refractivity contribution in [3.8, 4) is 5.75 Å². The molecular formula is C19H19Cl2N3O4S. The van der Waals surface area contributed by atoms with Gasteiger partial charge in [-0.05, 0) is 49.5 Å². The first-order valence-electron chi connectivity index (χ1n) is 8.58. The van der Waals surface area contributed by atoms with Crippen molar-refractivity contribution in [1.82, 2.24) is 16.2 Å². The number of carbonyl (C=O) groups is 2. The van der Waals surface area contributed by atoms with Crippen molar-refractivity contribution in [2.24, 2.45) is 0 Å². The molecule has 154 valence electrons. The number of thiocarbonyl (C=S) groups is 1. The van der Waals surface area contributed by atoms with Crippen molar-refractivity contribution >= 4 is 52.3 Å². The van der Waals surface area contributed by atoms with Gasteiger partial charge in [0.1, 0.15) is 12.4 Å². The van der Waals surface area contributed by atoms with Crippen LogP contribution < -0.4 is 20.9 Å². The molecule has 10 heteroatoms. The highest BCUT2D eigenvalue weighted by atomic mass is 35.5. The lowest BCUT2D eigenvalue weighted by Gasteiger charge is -2.14. The predicted octanol–water partition coefficient (Wildman–Crippen LogP) is 3.36. The van der Waals surface area contributed by atoms with E-state index in [2.05, 4.69) is 16.2 Å². The van der Waals surface area contributed by atoms with Gasteiger partial charge in [-0.15, -0.1) is 0 Å². The van der Waals surface area contributed by atoms with Gasteiger partial charge in [0.05, 0.1) is 22.8 Å². The number of benzene rings is 2. The van der Waals surface area contributed by atoms with Gasteiger partial charge in [-0.2, -0.15) is 0 Å². The molecule has 0 fully saturated rings. The molecule has 0 atom stereocenters. The van der Waals surface area contributed by atoms with E-state index in [1.807, 2.05) is 6.92 Å². The second kappa shape index (κ2) is 11.6. The first-order valence-corrected chi connectivity index (χ1v) is 9.75. The molecule has 0 aliphatic rings. The Morgan fingerprint density at radius 2 is 1.76 bits per heavy atom. The summed E-state index contributed by atoms with van der Waals surface area (Å²) in [7, 11) is 0. The van der Waals surface area contributed by atoms with Crippen LogP contribution in [0.3, 0.4) is 0 Å². The van der Waals surface area contributed by atoms with Gasteiger partial charge < -0.3 is 9.47 Å². The number of nitrogens with one attached hydrogen (secondary N) is 3. The maximum Gasteiger partial charge on any atom is 0.271 e. The Morgan fingerprint density at radius 3 is 2.48 bits per heavy atom. The molecular weight excluding hydrogens is 437 g/mol. The van der Waals surface area contributed by atoms with Gasteiger partial charge in [0.15, 0.2) is 5.11 Å². The number of hydrogen-bond acceptors (Lipinski definition) is 5. The summed E-state index contributed by atoms with van der Waals surface area (Å²) < 4.78 is 10.8. The van der Waals surface area contributed by atoms with Crippen molar-refractivity contribution in [2.75, 3.05) is 19.8 Å². The van der Waals surface area contributed by atoms with E-state index < -0.39 is 11.8 Å². The Bertz CT molecular complexity index is 896. The first-order chi connectivity index (χ1) is 13.9. The van der Waals surface area contributed by atoms with E-state index >= 15 is 0 Å². The zero-order valence-corrected chi connectivity index (χ0v) is 17.8. The third-order valence-corrected chi connectivity index (χ3v) is 4.27. The fourth-order valence-electron chi connectivity index (χ4n) is 2.19. The summed E-state index contributed by atoms with van der Waals surface area (Å²) in [6.45, 7) is 3.18. The van der Waals surface area contributed by atoms with Crippen LogP contribution in [0, 0.1) is 0 Å². The number of hydrazine groups is 1. The lowest BCUT2D eigenvalue weighted by Crippen LogP contribution is -2.48. The molecule has 0 aliphatic carbocycles. The van der Waals surface area contributed by atoms with Crippen LogP contribution in [0.25, 0.3) is 0 Å². The van der Waals surface area contributed by atoms with Crippen LogP contribution in [0.1, 0.15) is 27.6 Å². The molecule has 29 heavy (non-hydrogen) atoms. The van der Waals surface area contributed by atoms with E-state index in [-0.39, 0.29) is 15.7 Å². The van der Waals surface area contributed by atoms with E-state index in [4.69, 9.17) is 44.9 Å². The molecule has 0 heterocycles. The van der Waals surface area contributed by atoms with Crippen molar-refractivity contribution in [2.45, 2.75) is 6.92 Å². The smallest absolute Gasteiger partial charge is 0.271 e. The van der Waals surface area contributed by atoms with Gasteiger partial charge in [0.25, 0.3) is 11.8 Å². The minimum absolute atomic E-state index is 0.0995. The molecule has 2 amide bonds. The van der Waals surface area contributed by atoms with Crippen molar-refractivity contribution in [3.05, 3.63) is 63.6 Å². The standard InChI is InChI=1S/C19H19Cl2N3O4S/c1-2-27-9-10-28-16-6-4-3-5-14(16)17(25)22-19(29)24-23-18(26)13-8-7-12(20)11-15(13)21/h3-8,11H,2,9-10H2,1H3,(H,23,26)(H2,22,24,25,29). The lowest BCUT2D eigenvalue weighted by atomic mass is 10.2. The largest absolute Gasteiger partial charge is 0.490 e. The Balaban J connectivity index is 1.90. The molecule has 0 spiro atoms. The van der Waals surface area contributed by atoms with Crippen molar-refractivity contribution in [1.29, 1.82) is 0 Å². The highest BCUT2D eigenvalue weighted by Gasteiger charge is 2.15. The maximum atomic E-state index is 12.5. The lowest BCUT2D eigenvalue weighted by molar-refractivity contribution is 0.0931. The molecule has 0 saturated heterocycles. The Labute approximate surface area is 183 Å². The molecule has 0 aromatic heterocycles. The second-order valence-electron chi connectivity index (χ2n) is 5.53. The first kappa shape index (κ1) is 22.9. The van der Waals surface area contributed by atoms with Crippen LogP contribution in [-0.2, 0) is 4.74 Å². The maximum absolute atomic E-state index is 12.5. The molecule has 2 aromatic carbocycles. The summed E-state index contributed by atoms with van der Waals surface area (Å²) >= 11 is 16.8. The number of para-hydroxylation sites is 1. The quantitative estimate of drug-likeness (QED) is 0.337. The van der Waals surface area contributed by atoms with Gasteiger partial charge in [0, 0.05) is 11.6 Å². The molecule has 0 bridgehead atoms. The molecule has 0 radical (unpaired) electrons. The average molecular weight is 456 g/mol. The van der Waals surface area contributed by atoms with Gasteiger partial charge in [-0.3, -0.25) is 25.8 Å². The summed E-state index contributed by atoms with van der Waals surface area (Å²) in [6.07, 6.45) is 0. The third kappa shape index (κ3) is 7.17. The van der Waals surface area contributed by atoms with Crippen LogP contribution in [0.5, 0.6) is 5.75 Å². The van der Waals surface area contributed by atoms with Gasteiger partial charge in [-0.1, -0.05) is 35.3 Å². The van der Waals surface area contributed by atoms with E-state index in [0.29, 0.717) is 36.2 Å². The van der Waals surface area contributed by atoms with Gasteiger partial charge >= 0.3 is 0 Å². The van der Waals surface area contributed by atoms with E-state index in [1.54, 1.807) is 24.3 Å². The fourth-order valence-corrected chi connectivity index (χ4v) is 2.83. The predicted molar refractivity (Wildman–Crippen MR) is 116 cm³/mol. The minimum atomic E-state index is -0.539. The Morgan fingerprint density at radius 1 is 1.00 bits per heavy atom. The van der Waals surface area contributed by atoms with Gasteiger partial charge in [-0.25, -0.2) is 0 Å². The summed E-state index contributed by atoms with van der Waals surface area (Å²) in [4.78, 5) is 24.6. The molecule has 2 rings (SSSR count). The zero-order chi connectivity index (χ0) is 21.2. The Hall–Kier alpha value is -2.39. The third-order valence-electron chi connectivity index (χ3n) is 3.51. The fraction of sp³-hybridized carbons (Fsp3) is 0.211. The van der Waals surface area contributed by atoms with Crippen molar-refractivity contribution in [3.63, 3.8) is 0 Å². The highest BCUT2D eigenvalue weighted by Crippen LogP contribution is 2.20. The number of halogens is 2. The van der Waals surface area contributed by atoms with E-state index in [1.165, 1.54) is 18.2 Å². The van der Waals surface area contributed by atoms with Crippen LogP contribution in [0.15, 0.2) is 42.5 Å². The normalized spacial score (nSPS) is 10.2. The summed E-state index contributed by atoms with van der Waals surface area (Å²) in [5.74, 6) is -0.638.